The Morgan fingerprint density at radius 2 is 1.84 bits per heavy atom. The van der Waals surface area contributed by atoms with Crippen LogP contribution in [0.5, 0.6) is 0 Å². The summed E-state index contributed by atoms with van der Waals surface area (Å²) in [5.41, 5.74) is -0.883. The van der Waals surface area contributed by atoms with Gasteiger partial charge >= 0.3 is 0 Å². The van der Waals surface area contributed by atoms with Crippen molar-refractivity contribution in [3.05, 3.63) is 35.4 Å². The molecular weight excluding hydrogens is 252 g/mol. The van der Waals surface area contributed by atoms with Crippen LogP contribution in [0, 0.1) is 0 Å². The number of alkyl halides is 2. The standard InChI is InChI=1S/C14H17F2NO2/c15-13(16)11-3-1-2-4-12(11)14(18)5-9-7-19-8-10(6-14)17-9/h1-4,9-10,13,17-18H,5-8H2. The number of piperidine rings is 1. The van der Waals surface area contributed by atoms with Gasteiger partial charge in [0.15, 0.2) is 0 Å². The number of nitrogens with one attached hydrogen (secondary N) is 1. The molecule has 0 spiro atoms. The third kappa shape index (κ3) is 2.38. The maximum Gasteiger partial charge on any atom is 0.264 e. The highest BCUT2D eigenvalue weighted by atomic mass is 19.3. The van der Waals surface area contributed by atoms with Crippen LogP contribution in [0.1, 0.15) is 30.4 Å². The van der Waals surface area contributed by atoms with Gasteiger partial charge < -0.3 is 15.2 Å². The molecule has 1 aromatic rings. The summed E-state index contributed by atoms with van der Waals surface area (Å²) in [7, 11) is 0. The van der Waals surface area contributed by atoms with Crippen LogP contribution in [0.15, 0.2) is 24.3 Å². The normalized spacial score (nSPS) is 34.5. The van der Waals surface area contributed by atoms with Gasteiger partial charge in [-0.1, -0.05) is 24.3 Å². The van der Waals surface area contributed by atoms with E-state index in [9.17, 15) is 13.9 Å². The number of ether oxygens (including phenoxy) is 1. The van der Waals surface area contributed by atoms with Crippen LogP contribution < -0.4 is 5.32 Å². The van der Waals surface area contributed by atoms with E-state index in [1.165, 1.54) is 6.07 Å². The Balaban J connectivity index is 1.96. The molecule has 1 aromatic carbocycles. The lowest BCUT2D eigenvalue weighted by atomic mass is 9.76. The number of morpholine rings is 1. The topological polar surface area (TPSA) is 41.5 Å². The van der Waals surface area contributed by atoms with E-state index in [-0.39, 0.29) is 17.6 Å². The summed E-state index contributed by atoms with van der Waals surface area (Å²) in [6.07, 6.45) is -1.74. The molecule has 2 bridgehead atoms. The monoisotopic (exact) mass is 269 g/mol. The van der Waals surface area contributed by atoms with Crippen LogP contribution in [0.2, 0.25) is 0 Å². The first-order chi connectivity index (χ1) is 9.08. The minimum Gasteiger partial charge on any atom is -0.385 e. The Labute approximate surface area is 110 Å². The minimum atomic E-state index is -2.56. The summed E-state index contributed by atoms with van der Waals surface area (Å²) in [6.45, 7) is 1.05. The summed E-state index contributed by atoms with van der Waals surface area (Å²) >= 11 is 0. The fourth-order valence-electron chi connectivity index (χ4n) is 3.25. The summed E-state index contributed by atoms with van der Waals surface area (Å²) < 4.78 is 31.6. The zero-order valence-corrected chi connectivity index (χ0v) is 10.5. The van der Waals surface area contributed by atoms with E-state index >= 15 is 0 Å². The van der Waals surface area contributed by atoms with Gasteiger partial charge in [0.1, 0.15) is 0 Å². The van der Waals surface area contributed by atoms with E-state index in [4.69, 9.17) is 4.74 Å². The predicted molar refractivity (Wildman–Crippen MR) is 66.1 cm³/mol. The number of halogens is 2. The SMILES string of the molecule is OC1(c2ccccc2C(F)F)CC2COCC(C1)N2. The molecule has 0 amide bonds. The number of hydrogen-bond donors (Lipinski definition) is 2. The van der Waals surface area contributed by atoms with E-state index < -0.39 is 12.0 Å². The molecule has 2 atom stereocenters. The summed E-state index contributed by atoms with van der Waals surface area (Å²) in [5.74, 6) is 0. The maximum absolute atomic E-state index is 13.1. The predicted octanol–water partition coefficient (Wildman–Crippen LogP) is 1.96. The first-order valence-corrected chi connectivity index (χ1v) is 6.52. The summed E-state index contributed by atoms with van der Waals surface area (Å²) in [5, 5.41) is 14.2. The van der Waals surface area contributed by atoms with E-state index in [1.807, 2.05) is 0 Å². The smallest absolute Gasteiger partial charge is 0.264 e. The Morgan fingerprint density at radius 3 is 2.47 bits per heavy atom. The minimum absolute atomic E-state index is 0.0308. The molecular formula is C14H17F2NO2. The molecule has 3 rings (SSSR count). The van der Waals surface area contributed by atoms with Crippen molar-refractivity contribution in [2.45, 2.75) is 37.0 Å². The van der Waals surface area contributed by atoms with E-state index in [0.717, 1.165) is 0 Å². The average Bonchev–Trinajstić information content (AvgIpc) is 2.38. The molecule has 5 heteroatoms. The summed E-state index contributed by atoms with van der Waals surface area (Å²) in [4.78, 5) is 0. The molecule has 2 aliphatic heterocycles. The van der Waals surface area contributed by atoms with E-state index in [1.54, 1.807) is 18.2 Å². The number of rotatable bonds is 2. The molecule has 3 nitrogen and oxygen atoms in total. The van der Waals surface area contributed by atoms with Crippen LogP contribution in [0.4, 0.5) is 8.78 Å². The lowest BCUT2D eigenvalue weighted by Crippen LogP contribution is -2.58. The van der Waals surface area contributed by atoms with Crippen molar-refractivity contribution in [1.29, 1.82) is 0 Å². The molecule has 2 N–H and O–H groups in total. The molecule has 2 unspecified atom stereocenters. The molecule has 2 aliphatic rings. The van der Waals surface area contributed by atoms with Crippen molar-refractivity contribution in [2.75, 3.05) is 13.2 Å². The van der Waals surface area contributed by atoms with E-state index in [0.29, 0.717) is 31.6 Å². The molecule has 2 heterocycles. The number of hydrogen-bond acceptors (Lipinski definition) is 3. The number of fused-ring (bicyclic) bond motifs is 2. The van der Waals surface area contributed by atoms with Crippen LogP contribution in [-0.4, -0.2) is 30.4 Å². The number of aliphatic hydroxyl groups is 1. The zero-order chi connectivity index (χ0) is 13.5. The fourth-order valence-corrected chi connectivity index (χ4v) is 3.25. The van der Waals surface area contributed by atoms with Gasteiger partial charge in [0.25, 0.3) is 6.43 Å². The van der Waals surface area contributed by atoms with Gasteiger partial charge in [0.05, 0.1) is 18.8 Å². The lowest BCUT2D eigenvalue weighted by Gasteiger charge is -2.45. The Bertz CT molecular complexity index is 455. The van der Waals surface area contributed by atoms with Gasteiger partial charge in [0, 0.05) is 17.6 Å². The Hall–Kier alpha value is -1.04. The van der Waals surface area contributed by atoms with Crippen molar-refractivity contribution in [3.63, 3.8) is 0 Å². The van der Waals surface area contributed by atoms with E-state index in [2.05, 4.69) is 5.32 Å². The molecule has 2 saturated heterocycles. The second-order valence-corrected chi connectivity index (χ2v) is 5.43. The highest BCUT2D eigenvalue weighted by Crippen LogP contribution is 2.40. The highest BCUT2D eigenvalue weighted by Gasteiger charge is 2.43. The van der Waals surface area contributed by atoms with Crippen molar-refractivity contribution >= 4 is 0 Å². The second kappa shape index (κ2) is 4.81. The summed E-state index contributed by atoms with van der Waals surface area (Å²) in [6, 6.07) is 6.36. The van der Waals surface area contributed by atoms with Gasteiger partial charge in [-0.25, -0.2) is 8.78 Å². The zero-order valence-electron chi connectivity index (χ0n) is 10.5. The van der Waals surface area contributed by atoms with Crippen LogP contribution in [0.25, 0.3) is 0 Å². The fraction of sp³-hybridized carbons (Fsp3) is 0.571. The van der Waals surface area contributed by atoms with Crippen LogP contribution in [-0.2, 0) is 10.3 Å². The van der Waals surface area contributed by atoms with Gasteiger partial charge in [0.2, 0.25) is 0 Å². The molecule has 104 valence electrons. The molecule has 0 aliphatic carbocycles. The first-order valence-electron chi connectivity index (χ1n) is 6.52. The quantitative estimate of drug-likeness (QED) is 0.862. The third-order valence-corrected chi connectivity index (χ3v) is 3.97. The molecule has 0 radical (unpaired) electrons. The molecule has 0 saturated carbocycles. The van der Waals surface area contributed by atoms with Gasteiger partial charge in [-0.3, -0.25) is 0 Å². The molecule has 0 aromatic heterocycles. The number of benzene rings is 1. The second-order valence-electron chi connectivity index (χ2n) is 5.43. The maximum atomic E-state index is 13.1. The van der Waals surface area contributed by atoms with Crippen molar-refractivity contribution in [1.82, 2.24) is 5.32 Å². The van der Waals surface area contributed by atoms with Crippen molar-refractivity contribution in [3.8, 4) is 0 Å². The van der Waals surface area contributed by atoms with Crippen LogP contribution >= 0.6 is 0 Å². The highest BCUT2D eigenvalue weighted by molar-refractivity contribution is 5.34. The van der Waals surface area contributed by atoms with Gasteiger partial charge in [-0.15, -0.1) is 0 Å². The van der Waals surface area contributed by atoms with Crippen LogP contribution in [0.3, 0.4) is 0 Å². The largest absolute Gasteiger partial charge is 0.385 e. The first kappa shape index (κ1) is 13.0. The average molecular weight is 269 g/mol. The van der Waals surface area contributed by atoms with Crippen molar-refractivity contribution in [2.24, 2.45) is 0 Å². The molecule has 2 fully saturated rings. The lowest BCUT2D eigenvalue weighted by molar-refractivity contribution is -0.0816. The third-order valence-electron chi connectivity index (χ3n) is 3.97. The van der Waals surface area contributed by atoms with Crippen molar-refractivity contribution < 1.29 is 18.6 Å². The van der Waals surface area contributed by atoms with Gasteiger partial charge in [-0.05, 0) is 18.4 Å². The van der Waals surface area contributed by atoms with Gasteiger partial charge in [-0.2, -0.15) is 0 Å². The molecule has 19 heavy (non-hydrogen) atoms. The Kier molecular flexibility index (Phi) is 3.28. The Morgan fingerprint density at radius 1 is 1.21 bits per heavy atom.